The number of ketones is 1. The van der Waals surface area contributed by atoms with Crippen LogP contribution in [0.15, 0.2) is 29.2 Å². The van der Waals surface area contributed by atoms with Crippen LogP contribution in [0.4, 0.5) is 14.5 Å². The minimum atomic E-state index is -4.55. The van der Waals surface area contributed by atoms with E-state index in [0.29, 0.717) is 18.7 Å². The number of sulfone groups is 1. The molecule has 0 saturated carbocycles. The van der Waals surface area contributed by atoms with Gasteiger partial charge in [0.15, 0.2) is 5.78 Å². The summed E-state index contributed by atoms with van der Waals surface area (Å²) in [6.45, 7) is 0.980. The molecule has 104 valence electrons. The van der Waals surface area contributed by atoms with Crippen LogP contribution in [0.3, 0.4) is 0 Å². The first-order chi connectivity index (χ1) is 8.91. The first-order valence-electron chi connectivity index (χ1n) is 5.80. The molecule has 7 heteroatoms. The molecule has 0 atom stereocenters. The molecule has 0 N–H and O–H groups in total. The number of carbonyl (C=O) groups is 1. The number of hydrogen-bond acceptors (Lipinski definition) is 4. The van der Waals surface area contributed by atoms with Crippen LogP contribution in [0.2, 0.25) is 0 Å². The lowest BCUT2D eigenvalue weighted by molar-refractivity contribution is -0.118. The third-order valence-corrected chi connectivity index (χ3v) is 4.41. The summed E-state index contributed by atoms with van der Waals surface area (Å²) >= 11 is 0. The smallest absolute Gasteiger partial charge is 0.341 e. The molecule has 19 heavy (non-hydrogen) atoms. The summed E-state index contributed by atoms with van der Waals surface area (Å²) in [7, 11) is -4.55. The largest absolute Gasteiger partial charge is 0.364 e. The number of piperidine rings is 1. The van der Waals surface area contributed by atoms with Crippen molar-refractivity contribution in [1.29, 1.82) is 0 Å². The highest BCUT2D eigenvalue weighted by Crippen LogP contribution is 2.23. The van der Waals surface area contributed by atoms with Crippen LogP contribution in [0, 0.1) is 0 Å². The van der Waals surface area contributed by atoms with Gasteiger partial charge in [0.1, 0.15) is 0 Å². The van der Waals surface area contributed by atoms with E-state index in [1.54, 1.807) is 0 Å². The molecule has 1 aromatic carbocycles. The lowest BCUT2D eigenvalue weighted by atomic mass is 10.1. The van der Waals surface area contributed by atoms with Gasteiger partial charge in [-0.25, -0.2) is 8.42 Å². The van der Waals surface area contributed by atoms with Gasteiger partial charge < -0.3 is 4.90 Å². The van der Waals surface area contributed by atoms with Gasteiger partial charge in [-0.3, -0.25) is 4.79 Å². The number of Topliss-reactive ketones (excluding diaryl/α,β-unsaturated/α-hetero) is 1. The van der Waals surface area contributed by atoms with E-state index >= 15 is 0 Å². The van der Waals surface area contributed by atoms with Gasteiger partial charge in [-0.15, -0.1) is 0 Å². The van der Waals surface area contributed by atoms with Gasteiger partial charge in [-0.2, -0.15) is 8.78 Å². The second kappa shape index (κ2) is 5.24. The predicted molar refractivity (Wildman–Crippen MR) is 66.1 cm³/mol. The zero-order valence-corrected chi connectivity index (χ0v) is 10.9. The van der Waals surface area contributed by atoms with Gasteiger partial charge in [-0.1, -0.05) is 0 Å². The van der Waals surface area contributed by atoms with Crippen LogP contribution in [0.5, 0.6) is 0 Å². The van der Waals surface area contributed by atoms with E-state index in [-0.39, 0.29) is 12.3 Å². The van der Waals surface area contributed by atoms with E-state index < -0.39 is 20.5 Å². The van der Waals surface area contributed by atoms with Crippen molar-refractivity contribution < 1.29 is 22.0 Å². The van der Waals surface area contributed by atoms with Crippen LogP contribution in [-0.4, -0.2) is 33.0 Å². The molecular formula is C12H13F2NO3S. The summed E-state index contributed by atoms with van der Waals surface area (Å²) in [5.41, 5.74) is 0.668. The van der Waals surface area contributed by atoms with E-state index in [1.807, 2.05) is 4.90 Å². The average Bonchev–Trinajstić information content (AvgIpc) is 2.38. The molecule has 1 fully saturated rings. The molecule has 0 spiro atoms. The number of halogens is 2. The van der Waals surface area contributed by atoms with E-state index in [9.17, 15) is 22.0 Å². The number of benzene rings is 1. The first-order valence-corrected chi connectivity index (χ1v) is 7.34. The summed E-state index contributed by atoms with van der Waals surface area (Å²) in [4.78, 5) is 12.7. The minimum absolute atomic E-state index is 0.121. The molecule has 1 saturated heterocycles. The predicted octanol–water partition coefficient (Wildman–Crippen LogP) is 1.85. The Bertz CT molecular complexity index is 569. The normalized spacial score (nSPS) is 17.0. The van der Waals surface area contributed by atoms with Crippen molar-refractivity contribution in [3.05, 3.63) is 24.3 Å². The molecule has 1 aliphatic heterocycles. The second-order valence-electron chi connectivity index (χ2n) is 4.36. The molecule has 4 nitrogen and oxygen atoms in total. The second-order valence-corrected chi connectivity index (χ2v) is 6.28. The Morgan fingerprint density at radius 3 is 2.32 bits per heavy atom. The van der Waals surface area contributed by atoms with Gasteiger partial charge >= 0.3 is 5.76 Å². The zero-order valence-electron chi connectivity index (χ0n) is 10.1. The quantitative estimate of drug-likeness (QED) is 0.852. The number of anilines is 1. The molecule has 0 bridgehead atoms. The topological polar surface area (TPSA) is 54.5 Å². The lowest BCUT2D eigenvalue weighted by Crippen LogP contribution is -2.35. The summed E-state index contributed by atoms with van der Waals surface area (Å²) < 4.78 is 47.2. The summed E-state index contributed by atoms with van der Waals surface area (Å²) in [5, 5.41) is 0. The van der Waals surface area contributed by atoms with Gasteiger partial charge in [0, 0.05) is 18.7 Å². The van der Waals surface area contributed by atoms with Gasteiger partial charge in [0.25, 0.3) is 0 Å². The zero-order chi connectivity index (χ0) is 14.0. The number of rotatable bonds is 3. The Morgan fingerprint density at radius 2 is 1.79 bits per heavy atom. The fourth-order valence-electron chi connectivity index (χ4n) is 2.01. The highest BCUT2D eigenvalue weighted by molar-refractivity contribution is 7.91. The van der Waals surface area contributed by atoms with Gasteiger partial charge in [-0.05, 0) is 30.7 Å². The Balaban J connectivity index is 2.21. The monoisotopic (exact) mass is 289 g/mol. The van der Waals surface area contributed by atoms with E-state index in [1.165, 1.54) is 12.1 Å². The van der Waals surface area contributed by atoms with Crippen LogP contribution in [0.1, 0.15) is 12.8 Å². The third-order valence-electron chi connectivity index (χ3n) is 3.02. The molecule has 0 unspecified atom stereocenters. The molecule has 0 aliphatic carbocycles. The van der Waals surface area contributed by atoms with Gasteiger partial charge in [0.2, 0.25) is 9.84 Å². The Morgan fingerprint density at radius 1 is 1.16 bits per heavy atom. The first kappa shape index (κ1) is 13.9. The Labute approximate surface area is 109 Å². The Kier molecular flexibility index (Phi) is 3.84. The summed E-state index contributed by atoms with van der Waals surface area (Å²) in [6.07, 6.45) is 1.30. The van der Waals surface area contributed by atoms with Gasteiger partial charge in [0.05, 0.1) is 11.4 Å². The molecule has 0 amide bonds. The SMILES string of the molecule is O=C1CCCN(c2ccc(S(=O)(=O)C(F)F)cc2)C1. The van der Waals surface area contributed by atoms with Crippen LogP contribution >= 0.6 is 0 Å². The fraction of sp³-hybridized carbons (Fsp3) is 0.417. The summed E-state index contributed by atoms with van der Waals surface area (Å²) in [6, 6.07) is 5.20. The average molecular weight is 289 g/mol. The molecule has 2 rings (SSSR count). The van der Waals surface area contributed by atoms with Crippen molar-refractivity contribution in [2.45, 2.75) is 23.5 Å². The van der Waals surface area contributed by atoms with Crippen molar-refractivity contribution in [1.82, 2.24) is 0 Å². The molecule has 1 aromatic rings. The maximum atomic E-state index is 12.4. The molecule has 0 aromatic heterocycles. The highest BCUT2D eigenvalue weighted by atomic mass is 32.2. The maximum Gasteiger partial charge on any atom is 0.341 e. The third kappa shape index (κ3) is 2.91. The van der Waals surface area contributed by atoms with Crippen LogP contribution < -0.4 is 4.90 Å². The molecule has 1 heterocycles. The summed E-state index contributed by atoms with van der Waals surface area (Å²) in [5.74, 6) is -3.30. The number of carbonyl (C=O) groups excluding carboxylic acids is 1. The maximum absolute atomic E-state index is 12.4. The van der Waals surface area contributed by atoms with E-state index in [2.05, 4.69) is 0 Å². The van der Waals surface area contributed by atoms with Crippen LogP contribution in [0.25, 0.3) is 0 Å². The number of hydrogen-bond donors (Lipinski definition) is 0. The number of nitrogens with zero attached hydrogens (tertiary/aromatic N) is 1. The van der Waals surface area contributed by atoms with Crippen molar-refractivity contribution in [2.24, 2.45) is 0 Å². The molecular weight excluding hydrogens is 276 g/mol. The Hall–Kier alpha value is -1.50. The van der Waals surface area contributed by atoms with Crippen LogP contribution in [-0.2, 0) is 14.6 Å². The van der Waals surface area contributed by atoms with Crippen molar-refractivity contribution >= 4 is 21.3 Å². The van der Waals surface area contributed by atoms with Crippen molar-refractivity contribution in [3.8, 4) is 0 Å². The number of alkyl halides is 2. The standard InChI is InChI=1S/C12H13F2NO3S/c13-12(14)19(17,18)11-5-3-9(4-6-11)15-7-1-2-10(16)8-15/h3-6,12H,1-2,7-8H2. The van der Waals surface area contributed by atoms with E-state index in [0.717, 1.165) is 18.6 Å². The van der Waals surface area contributed by atoms with E-state index in [4.69, 9.17) is 0 Å². The molecule has 0 radical (unpaired) electrons. The lowest BCUT2D eigenvalue weighted by Gasteiger charge is -2.27. The fourth-order valence-corrected chi connectivity index (χ4v) is 2.73. The van der Waals surface area contributed by atoms with Crippen molar-refractivity contribution in [3.63, 3.8) is 0 Å². The highest BCUT2D eigenvalue weighted by Gasteiger charge is 2.26. The van der Waals surface area contributed by atoms with Crippen molar-refractivity contribution in [2.75, 3.05) is 18.0 Å². The molecule has 1 aliphatic rings. The minimum Gasteiger partial charge on any atom is -0.364 e.